The minimum absolute atomic E-state index is 0.763. The van der Waals surface area contributed by atoms with Gasteiger partial charge in [-0.25, -0.2) is 0 Å². The van der Waals surface area contributed by atoms with E-state index in [-0.39, 0.29) is 0 Å². The smallest absolute Gasteiger partial charge is 0.0685 e. The molecule has 2 aromatic rings. The first-order valence-corrected chi connectivity index (χ1v) is 7.67. The van der Waals surface area contributed by atoms with Crippen molar-refractivity contribution in [3.63, 3.8) is 0 Å². The van der Waals surface area contributed by atoms with Crippen molar-refractivity contribution in [2.75, 3.05) is 18.1 Å². The monoisotopic (exact) mass is 312 g/mol. The highest BCUT2D eigenvalue weighted by Gasteiger charge is 2.07. The predicted octanol–water partition coefficient (Wildman–Crippen LogP) is 4.66. The van der Waals surface area contributed by atoms with Crippen LogP contribution < -0.4 is 5.01 Å². The lowest BCUT2D eigenvalue weighted by atomic mass is 10.2. The van der Waals surface area contributed by atoms with E-state index in [0.717, 1.165) is 37.3 Å². The van der Waals surface area contributed by atoms with E-state index in [1.807, 2.05) is 60.7 Å². The summed E-state index contributed by atoms with van der Waals surface area (Å²) in [5.74, 6) is 0. The Morgan fingerprint density at radius 1 is 0.739 bits per heavy atom. The third-order valence-corrected chi connectivity index (χ3v) is 3.53. The normalized spacial score (nSPS) is 13.5. The number of hydrogen-bond acceptors (Lipinski definition) is 4. The molecule has 23 heavy (non-hydrogen) atoms. The summed E-state index contributed by atoms with van der Waals surface area (Å²) in [6.45, 7) is 1.73. The summed E-state index contributed by atoms with van der Waals surface area (Å²) < 4.78 is 0. The second kappa shape index (κ2) is 9.30. The zero-order valence-corrected chi connectivity index (χ0v) is 12.9. The molecule has 6 heteroatoms. The summed E-state index contributed by atoms with van der Waals surface area (Å²) in [4.78, 5) is 20.6. The number of piperidine rings is 1. The molecule has 0 aliphatic carbocycles. The molecule has 6 nitrogen and oxygen atoms in total. The zero-order chi connectivity index (χ0) is 16.3. The van der Waals surface area contributed by atoms with E-state index in [1.54, 1.807) is 5.01 Å². The lowest BCUT2D eigenvalue weighted by Crippen LogP contribution is -2.23. The Kier molecular flexibility index (Phi) is 6.71. The highest BCUT2D eigenvalue weighted by Crippen LogP contribution is 2.24. The van der Waals surface area contributed by atoms with E-state index in [2.05, 4.69) is 10.6 Å². The maximum absolute atomic E-state index is 10.8. The largest absolute Gasteiger partial charge is 0.261 e. The van der Waals surface area contributed by atoms with Crippen LogP contribution in [0, 0.1) is 9.81 Å². The molecule has 120 valence electrons. The fourth-order valence-corrected chi connectivity index (χ4v) is 2.34. The van der Waals surface area contributed by atoms with Gasteiger partial charge in [0, 0.05) is 13.1 Å². The number of rotatable bonds is 4. The number of nitroso groups, excluding NO2 is 2. The molecule has 1 saturated heterocycles. The van der Waals surface area contributed by atoms with Gasteiger partial charge in [0.15, 0.2) is 0 Å². The van der Waals surface area contributed by atoms with Crippen molar-refractivity contribution in [3.8, 4) is 0 Å². The van der Waals surface area contributed by atoms with Gasteiger partial charge in [-0.05, 0) is 43.5 Å². The van der Waals surface area contributed by atoms with E-state index in [9.17, 15) is 9.81 Å². The van der Waals surface area contributed by atoms with Crippen molar-refractivity contribution < 1.29 is 0 Å². The van der Waals surface area contributed by atoms with Crippen LogP contribution in [0.25, 0.3) is 0 Å². The molecule has 0 amide bonds. The summed E-state index contributed by atoms with van der Waals surface area (Å²) in [7, 11) is 0. The van der Waals surface area contributed by atoms with Crippen LogP contribution in [0.3, 0.4) is 0 Å². The lowest BCUT2D eigenvalue weighted by Gasteiger charge is -2.19. The maximum atomic E-state index is 10.8. The van der Waals surface area contributed by atoms with Gasteiger partial charge >= 0.3 is 0 Å². The first-order valence-electron chi connectivity index (χ1n) is 7.67. The molecule has 0 N–H and O–H groups in total. The summed E-state index contributed by atoms with van der Waals surface area (Å²) >= 11 is 0. The van der Waals surface area contributed by atoms with Gasteiger partial charge in [0.05, 0.1) is 21.9 Å². The van der Waals surface area contributed by atoms with E-state index in [0.29, 0.717) is 0 Å². The van der Waals surface area contributed by atoms with Gasteiger partial charge in [-0.2, -0.15) is 5.01 Å². The van der Waals surface area contributed by atoms with Crippen LogP contribution in [0.1, 0.15) is 19.3 Å². The fourth-order valence-electron chi connectivity index (χ4n) is 2.34. The molecule has 0 spiro atoms. The van der Waals surface area contributed by atoms with Crippen LogP contribution >= 0.6 is 0 Å². The summed E-state index contributed by atoms with van der Waals surface area (Å²) in [5, 5.41) is 8.79. The molecule has 0 atom stereocenters. The quantitative estimate of drug-likeness (QED) is 0.608. The first-order chi connectivity index (χ1) is 11.3. The Hall–Kier alpha value is -2.76. The van der Waals surface area contributed by atoms with Gasteiger partial charge in [0.1, 0.15) is 0 Å². The van der Waals surface area contributed by atoms with Gasteiger partial charge in [-0.15, -0.1) is 9.81 Å². The average molecular weight is 312 g/mol. The Morgan fingerprint density at radius 3 is 1.57 bits per heavy atom. The first kappa shape index (κ1) is 16.6. The molecule has 1 aliphatic rings. The van der Waals surface area contributed by atoms with Gasteiger partial charge in [-0.1, -0.05) is 36.4 Å². The fraction of sp³-hybridized carbons (Fsp3) is 0.294. The van der Waals surface area contributed by atoms with Crippen molar-refractivity contribution in [2.45, 2.75) is 19.3 Å². The number of nitrogens with zero attached hydrogens (tertiary/aromatic N) is 4. The molecule has 1 heterocycles. The summed E-state index contributed by atoms with van der Waals surface area (Å²) in [6.07, 6.45) is 3.52. The second-order valence-corrected chi connectivity index (χ2v) is 5.16. The topological polar surface area (TPSA) is 65.3 Å². The number of hydrogen-bond donors (Lipinski definition) is 0. The number of para-hydroxylation sites is 2. The van der Waals surface area contributed by atoms with Crippen molar-refractivity contribution in [1.29, 1.82) is 0 Å². The SMILES string of the molecule is O=NN(c1ccccc1)c1ccccc1.O=NN1CCCCC1. The van der Waals surface area contributed by atoms with Gasteiger partial charge in [0.25, 0.3) is 0 Å². The van der Waals surface area contributed by atoms with Crippen LogP contribution in [0.15, 0.2) is 71.2 Å². The van der Waals surface area contributed by atoms with Crippen LogP contribution in [0.5, 0.6) is 0 Å². The molecule has 3 rings (SSSR count). The molecule has 1 fully saturated rings. The van der Waals surface area contributed by atoms with Crippen molar-refractivity contribution >= 4 is 11.4 Å². The van der Waals surface area contributed by atoms with Gasteiger partial charge in [-0.3, -0.25) is 5.01 Å². The summed E-state index contributed by atoms with van der Waals surface area (Å²) in [6, 6.07) is 18.7. The molecule has 1 aliphatic heterocycles. The van der Waals surface area contributed by atoms with E-state index in [1.165, 1.54) is 11.4 Å². The molecule has 0 radical (unpaired) electrons. The van der Waals surface area contributed by atoms with Crippen LogP contribution in [0.2, 0.25) is 0 Å². The van der Waals surface area contributed by atoms with E-state index < -0.39 is 0 Å². The molecule has 0 aromatic heterocycles. The Bertz CT molecular complexity index is 547. The highest BCUT2D eigenvalue weighted by molar-refractivity contribution is 5.61. The maximum Gasteiger partial charge on any atom is 0.0685 e. The average Bonchev–Trinajstić information content (AvgIpc) is 2.65. The van der Waals surface area contributed by atoms with Gasteiger partial charge in [0.2, 0.25) is 0 Å². The van der Waals surface area contributed by atoms with Crippen LogP contribution in [-0.4, -0.2) is 18.1 Å². The second-order valence-electron chi connectivity index (χ2n) is 5.16. The molecule has 0 saturated carbocycles. The number of benzene rings is 2. The summed E-state index contributed by atoms with van der Waals surface area (Å²) in [5.41, 5.74) is 1.53. The predicted molar refractivity (Wildman–Crippen MR) is 92.0 cm³/mol. The molecule has 0 unspecified atom stereocenters. The number of anilines is 2. The van der Waals surface area contributed by atoms with E-state index in [4.69, 9.17) is 0 Å². The highest BCUT2D eigenvalue weighted by atomic mass is 16.3. The zero-order valence-electron chi connectivity index (χ0n) is 12.9. The van der Waals surface area contributed by atoms with Crippen molar-refractivity contribution in [3.05, 3.63) is 70.5 Å². The molecular weight excluding hydrogens is 292 g/mol. The van der Waals surface area contributed by atoms with Crippen LogP contribution in [0.4, 0.5) is 11.4 Å². The van der Waals surface area contributed by atoms with Crippen molar-refractivity contribution in [2.24, 2.45) is 10.6 Å². The minimum atomic E-state index is 0.763. The standard InChI is InChI=1S/C12H10N2O.C5H10N2O/c15-13-14(11-7-3-1-4-8-11)12-9-5-2-6-10-12;8-6-7-4-2-1-3-5-7/h1-10H;1-5H2. The Balaban J connectivity index is 0.000000203. The van der Waals surface area contributed by atoms with Crippen molar-refractivity contribution in [1.82, 2.24) is 5.01 Å². The van der Waals surface area contributed by atoms with Crippen LogP contribution in [-0.2, 0) is 0 Å². The third-order valence-electron chi connectivity index (χ3n) is 3.53. The van der Waals surface area contributed by atoms with Gasteiger partial charge < -0.3 is 0 Å². The lowest BCUT2D eigenvalue weighted by molar-refractivity contribution is 0.236. The van der Waals surface area contributed by atoms with E-state index >= 15 is 0 Å². The molecule has 2 aromatic carbocycles. The molecular formula is C17H20N4O2. The Labute approximate surface area is 135 Å². The molecule has 0 bridgehead atoms. The Morgan fingerprint density at radius 2 is 1.22 bits per heavy atom. The minimum Gasteiger partial charge on any atom is -0.261 e. The third kappa shape index (κ3) is 5.18.